The van der Waals surface area contributed by atoms with Gasteiger partial charge in [-0.1, -0.05) is 6.92 Å². The number of carbonyl (C=O) groups excluding carboxylic acids is 1. The summed E-state index contributed by atoms with van der Waals surface area (Å²) in [4.78, 5) is 22.3. The molecule has 0 saturated carbocycles. The zero-order chi connectivity index (χ0) is 14.5. The van der Waals surface area contributed by atoms with E-state index in [2.05, 4.69) is 34.0 Å². The third kappa shape index (κ3) is 3.45. The summed E-state index contributed by atoms with van der Waals surface area (Å²) in [6.07, 6.45) is 5.47. The van der Waals surface area contributed by atoms with Gasteiger partial charge in [-0.3, -0.25) is 4.79 Å². The summed E-state index contributed by atoms with van der Waals surface area (Å²) in [7, 11) is 0. The van der Waals surface area contributed by atoms with Crippen molar-refractivity contribution in [2.75, 3.05) is 18.0 Å². The highest BCUT2D eigenvalue weighted by atomic mass is 16.1. The number of nitrogens with two attached hydrogens (primary N) is 1. The first kappa shape index (κ1) is 14.7. The average Bonchev–Trinajstić information content (AvgIpc) is 2.46. The van der Waals surface area contributed by atoms with Crippen LogP contribution in [-0.2, 0) is 11.3 Å². The molecule has 20 heavy (non-hydrogen) atoms. The Balaban J connectivity index is 2.06. The highest BCUT2D eigenvalue weighted by molar-refractivity contribution is 5.77. The number of carbonyl (C=O) groups is 1. The van der Waals surface area contributed by atoms with Crippen LogP contribution in [0.25, 0.3) is 0 Å². The monoisotopic (exact) mass is 277 g/mol. The number of anilines is 1. The first-order valence-electron chi connectivity index (χ1n) is 7.19. The molecule has 110 valence electrons. The van der Waals surface area contributed by atoms with Crippen LogP contribution < -0.4 is 16.0 Å². The number of amides is 1. The van der Waals surface area contributed by atoms with E-state index < -0.39 is 0 Å². The van der Waals surface area contributed by atoms with Gasteiger partial charge in [0.2, 0.25) is 11.9 Å². The molecule has 2 unspecified atom stereocenters. The summed E-state index contributed by atoms with van der Waals surface area (Å²) < 4.78 is 0. The minimum Gasteiger partial charge on any atom is -0.369 e. The second kappa shape index (κ2) is 6.65. The maximum Gasteiger partial charge on any atom is 0.225 e. The minimum absolute atomic E-state index is 0.101. The van der Waals surface area contributed by atoms with E-state index in [9.17, 15) is 4.79 Å². The predicted molar refractivity (Wildman–Crippen MR) is 78.1 cm³/mol. The number of nitrogens with zero attached hydrogens (tertiary/aromatic N) is 3. The molecule has 0 radical (unpaired) electrons. The fraction of sp³-hybridized carbons (Fsp3) is 0.643. The normalized spacial score (nSPS) is 22.8. The van der Waals surface area contributed by atoms with Crippen LogP contribution in [-0.4, -0.2) is 35.0 Å². The van der Waals surface area contributed by atoms with Gasteiger partial charge in [0.1, 0.15) is 0 Å². The zero-order valence-electron chi connectivity index (χ0n) is 12.2. The van der Waals surface area contributed by atoms with Crippen LogP contribution in [0.1, 0.15) is 32.3 Å². The van der Waals surface area contributed by atoms with Crippen LogP contribution >= 0.6 is 0 Å². The molecular weight excluding hydrogens is 254 g/mol. The summed E-state index contributed by atoms with van der Waals surface area (Å²) in [5.41, 5.74) is 6.48. The standard InChI is InChI=1S/C14H23N5O/c1-3-16-6-11-7-17-14(18-8-11)19-9-12(13(15)20)5-4-10(19)2/h7-8,10,12,16H,3-6,9H2,1-2H3,(H2,15,20). The molecule has 1 fully saturated rings. The van der Waals surface area contributed by atoms with E-state index in [4.69, 9.17) is 5.73 Å². The van der Waals surface area contributed by atoms with Gasteiger partial charge in [0.15, 0.2) is 0 Å². The molecule has 2 atom stereocenters. The molecule has 1 amide bonds. The zero-order valence-corrected chi connectivity index (χ0v) is 12.2. The van der Waals surface area contributed by atoms with Gasteiger partial charge in [0.05, 0.1) is 5.92 Å². The predicted octanol–water partition coefficient (Wildman–Crippen LogP) is 0.676. The Labute approximate surface area is 119 Å². The number of nitrogens with one attached hydrogen (secondary N) is 1. The summed E-state index contributed by atoms with van der Waals surface area (Å²) in [6, 6.07) is 0.338. The molecule has 6 heteroatoms. The van der Waals surface area contributed by atoms with Crippen molar-refractivity contribution in [1.82, 2.24) is 15.3 Å². The molecule has 0 aromatic carbocycles. The third-order valence-electron chi connectivity index (χ3n) is 3.81. The Morgan fingerprint density at radius 2 is 2.15 bits per heavy atom. The maximum atomic E-state index is 11.4. The highest BCUT2D eigenvalue weighted by Crippen LogP contribution is 2.24. The van der Waals surface area contributed by atoms with Crippen molar-refractivity contribution >= 4 is 11.9 Å². The summed E-state index contributed by atoms with van der Waals surface area (Å²) in [5.74, 6) is 0.352. The Morgan fingerprint density at radius 3 is 2.75 bits per heavy atom. The Kier molecular flexibility index (Phi) is 4.89. The summed E-state index contributed by atoms with van der Waals surface area (Å²) in [5, 5.41) is 3.24. The first-order chi connectivity index (χ1) is 9.61. The Bertz CT molecular complexity index is 447. The van der Waals surface area contributed by atoms with Gasteiger partial charge in [-0.25, -0.2) is 9.97 Å². The lowest BCUT2D eigenvalue weighted by Gasteiger charge is -2.36. The molecule has 1 aliphatic heterocycles. The van der Waals surface area contributed by atoms with Crippen molar-refractivity contribution in [1.29, 1.82) is 0 Å². The topological polar surface area (TPSA) is 84.1 Å². The van der Waals surface area contributed by atoms with Gasteiger partial charge in [0.25, 0.3) is 0 Å². The average molecular weight is 277 g/mol. The smallest absolute Gasteiger partial charge is 0.225 e. The molecule has 1 aliphatic rings. The van der Waals surface area contributed by atoms with E-state index in [-0.39, 0.29) is 11.8 Å². The highest BCUT2D eigenvalue weighted by Gasteiger charge is 2.29. The minimum atomic E-state index is -0.231. The van der Waals surface area contributed by atoms with Gasteiger partial charge >= 0.3 is 0 Å². The molecule has 0 bridgehead atoms. The number of piperidine rings is 1. The van der Waals surface area contributed by atoms with Gasteiger partial charge in [-0.2, -0.15) is 0 Å². The number of aromatic nitrogens is 2. The van der Waals surface area contributed by atoms with E-state index in [1.54, 1.807) is 0 Å². The van der Waals surface area contributed by atoms with Gasteiger partial charge in [-0.15, -0.1) is 0 Å². The largest absolute Gasteiger partial charge is 0.369 e. The lowest BCUT2D eigenvalue weighted by atomic mass is 9.93. The third-order valence-corrected chi connectivity index (χ3v) is 3.81. The summed E-state index contributed by atoms with van der Waals surface area (Å²) >= 11 is 0. The SMILES string of the molecule is CCNCc1cnc(N2CC(C(N)=O)CCC2C)nc1. The van der Waals surface area contributed by atoms with E-state index >= 15 is 0 Å². The van der Waals surface area contributed by atoms with E-state index in [0.29, 0.717) is 18.5 Å². The van der Waals surface area contributed by atoms with E-state index in [0.717, 1.165) is 31.5 Å². The molecule has 0 spiro atoms. The van der Waals surface area contributed by atoms with Gasteiger partial charge < -0.3 is 16.0 Å². The van der Waals surface area contributed by atoms with Crippen molar-refractivity contribution in [3.63, 3.8) is 0 Å². The van der Waals surface area contributed by atoms with Crippen LogP contribution in [0, 0.1) is 5.92 Å². The molecule has 1 aromatic rings. The molecule has 1 saturated heterocycles. The Hall–Kier alpha value is -1.69. The lowest BCUT2D eigenvalue weighted by molar-refractivity contribution is -0.122. The fourth-order valence-corrected chi connectivity index (χ4v) is 2.47. The molecule has 0 aliphatic carbocycles. The molecular formula is C14H23N5O. The van der Waals surface area contributed by atoms with Crippen molar-refractivity contribution < 1.29 is 4.79 Å². The second-order valence-electron chi connectivity index (χ2n) is 5.35. The second-order valence-corrected chi connectivity index (χ2v) is 5.35. The van der Waals surface area contributed by atoms with E-state index in [1.807, 2.05) is 12.4 Å². The van der Waals surface area contributed by atoms with Crippen molar-refractivity contribution in [3.8, 4) is 0 Å². The molecule has 2 rings (SSSR count). The van der Waals surface area contributed by atoms with Gasteiger partial charge in [0, 0.05) is 37.1 Å². The number of rotatable bonds is 5. The van der Waals surface area contributed by atoms with Crippen LogP contribution in [0.3, 0.4) is 0 Å². The first-order valence-corrected chi connectivity index (χ1v) is 7.19. The van der Waals surface area contributed by atoms with Crippen LogP contribution in [0.4, 0.5) is 5.95 Å². The van der Waals surface area contributed by atoms with Crippen LogP contribution in [0.15, 0.2) is 12.4 Å². The Morgan fingerprint density at radius 1 is 1.45 bits per heavy atom. The number of hydrogen-bond donors (Lipinski definition) is 2. The number of hydrogen-bond acceptors (Lipinski definition) is 5. The lowest BCUT2D eigenvalue weighted by Crippen LogP contribution is -2.46. The van der Waals surface area contributed by atoms with Gasteiger partial charge in [-0.05, 0) is 26.3 Å². The van der Waals surface area contributed by atoms with Crippen molar-refractivity contribution in [3.05, 3.63) is 18.0 Å². The van der Waals surface area contributed by atoms with Crippen LogP contribution in [0.5, 0.6) is 0 Å². The van der Waals surface area contributed by atoms with Crippen molar-refractivity contribution in [2.45, 2.75) is 39.3 Å². The van der Waals surface area contributed by atoms with Crippen LogP contribution in [0.2, 0.25) is 0 Å². The van der Waals surface area contributed by atoms with Crippen molar-refractivity contribution in [2.24, 2.45) is 11.7 Å². The fourth-order valence-electron chi connectivity index (χ4n) is 2.47. The quantitative estimate of drug-likeness (QED) is 0.826. The molecule has 2 heterocycles. The number of primary amides is 1. The van der Waals surface area contributed by atoms with E-state index in [1.165, 1.54) is 0 Å². The molecule has 1 aromatic heterocycles. The molecule has 6 nitrogen and oxygen atoms in total. The molecule has 3 N–H and O–H groups in total. The maximum absolute atomic E-state index is 11.4. The summed E-state index contributed by atoms with van der Waals surface area (Å²) in [6.45, 7) is 6.51.